The summed E-state index contributed by atoms with van der Waals surface area (Å²) >= 11 is 0. The third kappa shape index (κ3) is 2.92. The Kier molecular flexibility index (Phi) is 3.61. The van der Waals surface area contributed by atoms with Crippen molar-refractivity contribution in [3.05, 3.63) is 29.3 Å². The predicted molar refractivity (Wildman–Crippen MR) is 77.6 cm³/mol. The molecule has 1 saturated heterocycles. The van der Waals surface area contributed by atoms with Gasteiger partial charge in [-0.05, 0) is 49.4 Å². The fourth-order valence-corrected chi connectivity index (χ4v) is 3.34. The van der Waals surface area contributed by atoms with E-state index in [9.17, 15) is 22.8 Å². The first-order valence-electron chi connectivity index (χ1n) is 7.46. The molecule has 0 bridgehead atoms. The van der Waals surface area contributed by atoms with Gasteiger partial charge in [0.1, 0.15) is 6.04 Å². The average molecular weight is 326 g/mol. The molecule has 2 amide bonds. The van der Waals surface area contributed by atoms with E-state index in [4.69, 9.17) is 0 Å². The van der Waals surface area contributed by atoms with E-state index in [1.807, 2.05) is 0 Å². The maximum atomic E-state index is 12.7. The van der Waals surface area contributed by atoms with Crippen molar-refractivity contribution < 1.29 is 22.8 Å². The van der Waals surface area contributed by atoms with Crippen molar-refractivity contribution in [2.75, 3.05) is 5.32 Å². The van der Waals surface area contributed by atoms with Crippen LogP contribution in [0, 0.1) is 12.8 Å². The lowest BCUT2D eigenvalue weighted by atomic mass is 10.1. The molecule has 2 aliphatic rings. The highest BCUT2D eigenvalue weighted by atomic mass is 19.4. The second kappa shape index (κ2) is 5.25. The number of hydrogen-bond acceptors (Lipinski definition) is 2. The van der Waals surface area contributed by atoms with Crippen LogP contribution in [0.1, 0.15) is 30.9 Å². The highest BCUT2D eigenvalue weighted by Gasteiger charge is 2.55. The van der Waals surface area contributed by atoms with Crippen molar-refractivity contribution in [3.63, 3.8) is 0 Å². The van der Waals surface area contributed by atoms with E-state index < -0.39 is 17.8 Å². The molecule has 1 saturated carbocycles. The maximum absolute atomic E-state index is 12.7. The zero-order valence-corrected chi connectivity index (χ0v) is 12.8. The molecule has 1 aliphatic carbocycles. The minimum atomic E-state index is -4.41. The number of carbonyl (C=O) groups excluding carboxylic acids is 2. The summed E-state index contributed by atoms with van der Waals surface area (Å²) in [5.41, 5.74) is -0.0711. The van der Waals surface area contributed by atoms with Gasteiger partial charge in [-0.3, -0.25) is 9.59 Å². The van der Waals surface area contributed by atoms with E-state index in [2.05, 4.69) is 5.32 Å². The van der Waals surface area contributed by atoms with Gasteiger partial charge in [0, 0.05) is 18.7 Å². The van der Waals surface area contributed by atoms with Crippen molar-refractivity contribution in [2.45, 2.75) is 44.9 Å². The highest BCUT2D eigenvalue weighted by Crippen LogP contribution is 2.48. The summed E-state index contributed by atoms with van der Waals surface area (Å²) in [6, 6.07) is 2.82. The molecule has 1 heterocycles. The number of halogens is 3. The smallest absolute Gasteiger partial charge is 0.328 e. The fraction of sp³-hybridized carbons (Fsp3) is 0.500. The standard InChI is InChI=1S/C16H17F3N2O2/c1-8-5-11(16(17,18)19)3-4-12(8)20-15(23)14-7-10-6-13(10)21(14)9(2)22/h3-5,10,13-14H,6-7H2,1-2H3,(H,20,23)/t10-,13-,14-/m1/s1. The van der Waals surface area contributed by atoms with Crippen LogP contribution < -0.4 is 5.32 Å². The second-order valence-electron chi connectivity index (χ2n) is 6.26. The number of alkyl halides is 3. The monoisotopic (exact) mass is 326 g/mol. The highest BCUT2D eigenvalue weighted by molar-refractivity contribution is 5.98. The fourth-order valence-electron chi connectivity index (χ4n) is 3.34. The van der Waals surface area contributed by atoms with Crippen LogP contribution in [0.3, 0.4) is 0 Å². The molecule has 4 nitrogen and oxygen atoms in total. The number of aryl methyl sites for hydroxylation is 1. The summed E-state index contributed by atoms with van der Waals surface area (Å²) in [4.78, 5) is 25.7. The molecule has 3 atom stereocenters. The number of anilines is 1. The van der Waals surface area contributed by atoms with Crippen molar-refractivity contribution in [2.24, 2.45) is 5.92 Å². The van der Waals surface area contributed by atoms with E-state index in [0.29, 0.717) is 23.6 Å². The zero-order valence-electron chi connectivity index (χ0n) is 12.8. The van der Waals surface area contributed by atoms with Crippen LogP contribution in [0.15, 0.2) is 18.2 Å². The Morgan fingerprint density at radius 2 is 1.96 bits per heavy atom. The number of amides is 2. The van der Waals surface area contributed by atoms with Crippen LogP contribution >= 0.6 is 0 Å². The molecule has 1 aromatic rings. The Morgan fingerprint density at radius 1 is 1.26 bits per heavy atom. The van der Waals surface area contributed by atoms with E-state index in [1.54, 1.807) is 4.90 Å². The zero-order chi connectivity index (χ0) is 16.9. The van der Waals surface area contributed by atoms with Gasteiger partial charge in [0.2, 0.25) is 11.8 Å². The van der Waals surface area contributed by atoms with Gasteiger partial charge in [-0.2, -0.15) is 13.2 Å². The van der Waals surface area contributed by atoms with E-state index in [-0.39, 0.29) is 17.9 Å². The quantitative estimate of drug-likeness (QED) is 0.908. The summed E-state index contributed by atoms with van der Waals surface area (Å²) in [5, 5.41) is 2.66. The topological polar surface area (TPSA) is 49.4 Å². The molecule has 1 N–H and O–H groups in total. The molecule has 23 heavy (non-hydrogen) atoms. The number of carbonyl (C=O) groups is 2. The van der Waals surface area contributed by atoms with Crippen LogP contribution in [0.4, 0.5) is 18.9 Å². The van der Waals surface area contributed by atoms with Gasteiger partial charge in [0.15, 0.2) is 0 Å². The van der Waals surface area contributed by atoms with Crippen molar-refractivity contribution in [1.29, 1.82) is 0 Å². The molecule has 2 fully saturated rings. The molecule has 1 aliphatic heterocycles. The average Bonchev–Trinajstić information content (AvgIpc) is 3.09. The SMILES string of the molecule is CC(=O)N1[C@@H](C(=O)Nc2ccc(C(F)(F)F)cc2C)C[C@H]2C[C@H]21. The van der Waals surface area contributed by atoms with Gasteiger partial charge in [-0.25, -0.2) is 0 Å². The molecule has 3 rings (SSSR count). The second-order valence-corrected chi connectivity index (χ2v) is 6.26. The van der Waals surface area contributed by atoms with Gasteiger partial charge in [0.05, 0.1) is 5.56 Å². The normalized spacial score (nSPS) is 26.0. The molecular formula is C16H17F3N2O2. The first-order valence-corrected chi connectivity index (χ1v) is 7.46. The van der Waals surface area contributed by atoms with E-state index >= 15 is 0 Å². The number of benzene rings is 1. The lowest BCUT2D eigenvalue weighted by molar-refractivity contribution is -0.137. The number of hydrogen-bond donors (Lipinski definition) is 1. The molecule has 124 valence electrons. The van der Waals surface area contributed by atoms with E-state index in [1.165, 1.54) is 19.9 Å². The molecule has 0 unspecified atom stereocenters. The molecule has 0 radical (unpaired) electrons. The van der Waals surface area contributed by atoms with Crippen LogP contribution in [0.2, 0.25) is 0 Å². The Hall–Kier alpha value is -2.05. The number of rotatable bonds is 2. The van der Waals surface area contributed by atoms with Crippen LogP contribution in [-0.4, -0.2) is 28.8 Å². The van der Waals surface area contributed by atoms with Gasteiger partial charge in [-0.15, -0.1) is 0 Å². The lowest BCUT2D eigenvalue weighted by Crippen LogP contribution is -2.44. The number of nitrogens with one attached hydrogen (secondary N) is 1. The summed E-state index contributed by atoms with van der Waals surface area (Å²) in [7, 11) is 0. The summed E-state index contributed by atoms with van der Waals surface area (Å²) in [6.45, 7) is 2.95. The Labute approximate surface area is 131 Å². The minimum absolute atomic E-state index is 0.140. The number of fused-ring (bicyclic) bond motifs is 1. The first kappa shape index (κ1) is 15.8. The molecule has 0 spiro atoms. The Balaban J connectivity index is 1.75. The summed E-state index contributed by atoms with van der Waals surface area (Å²) in [6.07, 6.45) is -2.86. The Bertz CT molecular complexity index is 672. The number of likely N-dealkylation sites (tertiary alicyclic amines) is 1. The predicted octanol–water partition coefficient (Wildman–Crippen LogP) is 2.96. The van der Waals surface area contributed by atoms with Gasteiger partial charge < -0.3 is 10.2 Å². The van der Waals surface area contributed by atoms with Crippen molar-refractivity contribution in [3.8, 4) is 0 Å². The van der Waals surface area contributed by atoms with Crippen LogP contribution in [0.5, 0.6) is 0 Å². The molecule has 0 aromatic heterocycles. The lowest BCUT2D eigenvalue weighted by Gasteiger charge is -2.25. The van der Waals surface area contributed by atoms with Crippen molar-refractivity contribution >= 4 is 17.5 Å². The summed E-state index contributed by atoms with van der Waals surface area (Å²) < 4.78 is 38.0. The maximum Gasteiger partial charge on any atom is 0.416 e. The van der Waals surface area contributed by atoms with Crippen LogP contribution in [0.25, 0.3) is 0 Å². The number of nitrogens with zero attached hydrogens (tertiary/aromatic N) is 1. The molecule has 7 heteroatoms. The van der Waals surface area contributed by atoms with E-state index in [0.717, 1.165) is 18.6 Å². The van der Waals surface area contributed by atoms with Gasteiger partial charge in [-0.1, -0.05) is 0 Å². The third-order valence-corrected chi connectivity index (χ3v) is 4.58. The van der Waals surface area contributed by atoms with Gasteiger partial charge in [0.25, 0.3) is 0 Å². The molecular weight excluding hydrogens is 309 g/mol. The van der Waals surface area contributed by atoms with Crippen LogP contribution in [-0.2, 0) is 15.8 Å². The molecule has 1 aromatic carbocycles. The first-order chi connectivity index (χ1) is 10.7. The summed E-state index contributed by atoms with van der Waals surface area (Å²) in [5.74, 6) is -0.0992. The third-order valence-electron chi connectivity index (χ3n) is 4.58. The largest absolute Gasteiger partial charge is 0.416 e. The van der Waals surface area contributed by atoms with Crippen molar-refractivity contribution in [1.82, 2.24) is 4.90 Å². The minimum Gasteiger partial charge on any atom is -0.328 e. The van der Waals surface area contributed by atoms with Gasteiger partial charge >= 0.3 is 6.18 Å². The Morgan fingerprint density at radius 3 is 2.52 bits per heavy atom. The number of piperidine rings is 1.